The van der Waals surface area contributed by atoms with E-state index < -0.39 is 23.4 Å². The molecular weight excluding hydrogens is 712 g/mol. The monoisotopic (exact) mass is 752 g/mol. The van der Waals surface area contributed by atoms with Crippen LogP contribution in [0.2, 0.25) is 5.28 Å². The Bertz CT molecular complexity index is 2210. The molecule has 2 aromatic carbocycles. The van der Waals surface area contributed by atoms with E-state index in [4.69, 9.17) is 25.8 Å². The van der Waals surface area contributed by atoms with Crippen LogP contribution in [0.25, 0.3) is 22.3 Å². The van der Waals surface area contributed by atoms with Gasteiger partial charge < -0.3 is 24.8 Å². The molecule has 0 aliphatic rings. The molecule has 6 rings (SSSR count). The Balaban J connectivity index is 0.000000208. The second kappa shape index (κ2) is 16.5. The smallest absolute Gasteiger partial charge is 0.435 e. The van der Waals surface area contributed by atoms with Gasteiger partial charge in [-0.3, -0.25) is 0 Å². The summed E-state index contributed by atoms with van der Waals surface area (Å²) < 4.78 is 18.3. The average Bonchev–Trinajstić information content (AvgIpc) is 3.80. The molecule has 0 fully saturated rings. The lowest BCUT2D eigenvalue weighted by molar-refractivity contribution is 0.0503. The minimum absolute atomic E-state index is 0.182. The van der Waals surface area contributed by atoms with Gasteiger partial charge in [-0.1, -0.05) is 24.3 Å². The highest BCUT2D eigenvalue weighted by atomic mass is 35.5. The summed E-state index contributed by atoms with van der Waals surface area (Å²) >= 11 is 5.77. The van der Waals surface area contributed by atoms with Gasteiger partial charge in [0.05, 0.1) is 25.7 Å². The number of rotatable bonds is 7. The maximum atomic E-state index is 12.1. The SMILES string of the molecule is CC(C)(C)OC(=O)n1cc(-c2ccc(Nc3ccnc(Cl)n3)cc2)cn1.COc1cnc(C)nc1Nc1ccc(-c2cnn(C(=O)OC(C)(C)C)c2)cc1. The predicted molar refractivity (Wildman–Crippen MR) is 206 cm³/mol. The first-order valence-corrected chi connectivity index (χ1v) is 17.1. The van der Waals surface area contributed by atoms with Crippen LogP contribution in [-0.4, -0.2) is 70.0 Å². The summed E-state index contributed by atoms with van der Waals surface area (Å²) in [6.45, 7) is 12.7. The number of benzene rings is 2. The number of carbonyl (C=O) groups is 2. The molecule has 0 saturated carbocycles. The molecule has 4 heterocycles. The van der Waals surface area contributed by atoms with Crippen LogP contribution in [0.3, 0.4) is 0 Å². The summed E-state index contributed by atoms with van der Waals surface area (Å²) in [4.78, 5) is 40.5. The number of nitrogens with zero attached hydrogens (tertiary/aromatic N) is 8. The van der Waals surface area contributed by atoms with Gasteiger partial charge in [0.25, 0.3) is 0 Å². The Morgan fingerprint density at radius 2 is 1.17 bits per heavy atom. The molecule has 54 heavy (non-hydrogen) atoms. The fourth-order valence-corrected chi connectivity index (χ4v) is 4.79. The summed E-state index contributed by atoms with van der Waals surface area (Å²) in [7, 11) is 1.57. The topological polar surface area (TPSA) is 173 Å². The summed E-state index contributed by atoms with van der Waals surface area (Å²) in [5.41, 5.74) is 4.03. The van der Waals surface area contributed by atoms with E-state index in [0.29, 0.717) is 23.2 Å². The van der Waals surface area contributed by atoms with Crippen molar-refractivity contribution in [1.29, 1.82) is 0 Å². The minimum Gasteiger partial charge on any atom is -0.491 e. The highest BCUT2D eigenvalue weighted by molar-refractivity contribution is 6.28. The number of hydrogen-bond donors (Lipinski definition) is 2. The molecule has 15 nitrogen and oxygen atoms in total. The van der Waals surface area contributed by atoms with Gasteiger partial charge in [-0.2, -0.15) is 19.6 Å². The molecular formula is C38H41ClN10O5. The van der Waals surface area contributed by atoms with Gasteiger partial charge in [0, 0.05) is 41.1 Å². The number of aryl methyl sites for hydroxylation is 1. The lowest BCUT2D eigenvalue weighted by Gasteiger charge is -2.18. The number of hydrogen-bond acceptors (Lipinski definition) is 13. The van der Waals surface area contributed by atoms with E-state index in [1.807, 2.05) is 97.0 Å². The van der Waals surface area contributed by atoms with Crippen molar-refractivity contribution in [3.63, 3.8) is 0 Å². The maximum Gasteiger partial charge on any atom is 0.435 e. The molecule has 0 spiro atoms. The van der Waals surface area contributed by atoms with E-state index in [0.717, 1.165) is 33.6 Å². The standard InChI is InChI=1S/C20H23N5O3.C18H18ClN5O2/c1-13-21-11-17(27-5)18(23-13)24-16-8-6-14(7-9-16)15-10-22-25(12-15)19(26)28-20(2,3)4;1-18(2,3)26-17(25)24-11-13(10-21-24)12-4-6-14(7-5-12)22-15-8-9-20-16(19)23-15/h6-12H,1-5H3,(H,21,23,24);4-11H,1-3H3,(H,20,22,23). The number of aromatic nitrogens is 8. The zero-order valence-electron chi connectivity index (χ0n) is 31.2. The molecule has 0 radical (unpaired) electrons. The van der Waals surface area contributed by atoms with Crippen molar-refractivity contribution in [3.05, 3.63) is 103 Å². The largest absolute Gasteiger partial charge is 0.491 e. The second-order valence-electron chi connectivity index (χ2n) is 13.8. The van der Waals surface area contributed by atoms with Crippen LogP contribution < -0.4 is 15.4 Å². The molecule has 0 amide bonds. The van der Waals surface area contributed by atoms with Gasteiger partial charge in [-0.25, -0.2) is 29.5 Å². The molecule has 0 aliphatic heterocycles. The third-order valence-electron chi connectivity index (χ3n) is 7.02. The van der Waals surface area contributed by atoms with Gasteiger partial charge in [0.1, 0.15) is 22.8 Å². The van der Waals surface area contributed by atoms with Gasteiger partial charge >= 0.3 is 12.2 Å². The Kier molecular flexibility index (Phi) is 11.9. The van der Waals surface area contributed by atoms with E-state index in [-0.39, 0.29) is 5.28 Å². The van der Waals surface area contributed by atoms with Gasteiger partial charge in [-0.15, -0.1) is 0 Å². The van der Waals surface area contributed by atoms with Crippen molar-refractivity contribution in [1.82, 2.24) is 39.5 Å². The van der Waals surface area contributed by atoms with E-state index in [1.165, 1.54) is 9.36 Å². The summed E-state index contributed by atoms with van der Waals surface area (Å²) in [6, 6.07) is 17.0. The predicted octanol–water partition coefficient (Wildman–Crippen LogP) is 8.70. The molecule has 0 aliphatic carbocycles. The number of halogens is 1. The summed E-state index contributed by atoms with van der Waals surface area (Å²) in [5, 5.41) is 14.7. The maximum absolute atomic E-state index is 12.1. The molecule has 2 N–H and O–H groups in total. The van der Waals surface area contributed by atoms with E-state index in [1.54, 1.807) is 50.4 Å². The summed E-state index contributed by atoms with van der Waals surface area (Å²) in [6.07, 6.45) is 8.72. The van der Waals surface area contributed by atoms with E-state index in [9.17, 15) is 9.59 Å². The van der Waals surface area contributed by atoms with Crippen molar-refractivity contribution in [2.45, 2.75) is 59.7 Å². The number of carbonyl (C=O) groups excluding carboxylic acids is 2. The normalized spacial score (nSPS) is 11.2. The average molecular weight is 753 g/mol. The zero-order chi connectivity index (χ0) is 39.0. The lowest BCUT2D eigenvalue weighted by Crippen LogP contribution is -2.27. The lowest BCUT2D eigenvalue weighted by atomic mass is 10.1. The minimum atomic E-state index is -0.573. The quantitative estimate of drug-likeness (QED) is 0.148. The Morgan fingerprint density at radius 1 is 0.667 bits per heavy atom. The first kappa shape index (κ1) is 38.9. The van der Waals surface area contributed by atoms with Gasteiger partial charge in [-0.05, 0) is 102 Å². The van der Waals surface area contributed by atoms with E-state index >= 15 is 0 Å². The highest BCUT2D eigenvalue weighted by Gasteiger charge is 2.20. The van der Waals surface area contributed by atoms with Crippen LogP contribution in [0, 0.1) is 6.92 Å². The first-order chi connectivity index (χ1) is 25.5. The van der Waals surface area contributed by atoms with Crippen LogP contribution in [0.4, 0.5) is 32.6 Å². The van der Waals surface area contributed by atoms with Gasteiger partial charge in [0.15, 0.2) is 11.6 Å². The van der Waals surface area contributed by atoms with E-state index in [2.05, 4.69) is 40.8 Å². The van der Waals surface area contributed by atoms with Crippen LogP contribution in [0.15, 0.2) is 91.8 Å². The second-order valence-corrected chi connectivity index (χ2v) is 14.1. The number of nitrogens with one attached hydrogen (secondary N) is 2. The van der Waals surface area contributed by atoms with Crippen molar-refractivity contribution < 1.29 is 23.8 Å². The van der Waals surface area contributed by atoms with Crippen molar-refractivity contribution in [3.8, 4) is 28.0 Å². The number of anilines is 4. The first-order valence-electron chi connectivity index (χ1n) is 16.7. The Morgan fingerprint density at radius 3 is 1.63 bits per heavy atom. The fourth-order valence-electron chi connectivity index (χ4n) is 4.64. The number of methoxy groups -OCH3 is 1. The Labute approximate surface area is 317 Å². The van der Waals surface area contributed by atoms with Crippen molar-refractivity contribution >= 4 is 46.8 Å². The number of ether oxygens (including phenoxy) is 3. The Hall–Kier alpha value is -6.35. The van der Waals surface area contributed by atoms with Crippen molar-refractivity contribution in [2.75, 3.05) is 17.7 Å². The van der Waals surface area contributed by atoms with Crippen LogP contribution >= 0.6 is 11.6 Å². The molecule has 0 unspecified atom stereocenters. The fraction of sp³-hybridized carbons (Fsp3) is 0.263. The van der Waals surface area contributed by atoms with Crippen molar-refractivity contribution in [2.24, 2.45) is 0 Å². The molecule has 16 heteroatoms. The molecule has 0 saturated heterocycles. The third kappa shape index (κ3) is 11.1. The highest BCUT2D eigenvalue weighted by Crippen LogP contribution is 2.27. The van der Waals surface area contributed by atoms with Crippen LogP contribution in [-0.2, 0) is 9.47 Å². The molecule has 280 valence electrons. The molecule has 0 atom stereocenters. The van der Waals surface area contributed by atoms with Gasteiger partial charge in [0.2, 0.25) is 5.28 Å². The molecule has 4 aromatic heterocycles. The van der Waals surface area contributed by atoms with Crippen LogP contribution in [0.5, 0.6) is 5.75 Å². The zero-order valence-corrected chi connectivity index (χ0v) is 31.9. The third-order valence-corrected chi connectivity index (χ3v) is 7.20. The van der Waals surface area contributed by atoms with Crippen LogP contribution in [0.1, 0.15) is 47.4 Å². The molecule has 0 bridgehead atoms. The summed E-state index contributed by atoms with van der Waals surface area (Å²) in [5.74, 6) is 2.42. The molecule has 6 aromatic rings.